The number of amides is 2. The zero-order valence-corrected chi connectivity index (χ0v) is 18.5. The van der Waals surface area contributed by atoms with E-state index in [-0.39, 0.29) is 17.7 Å². The second-order valence-electron chi connectivity index (χ2n) is 7.75. The minimum atomic E-state index is -0.399. The van der Waals surface area contributed by atoms with Crippen molar-refractivity contribution in [3.05, 3.63) is 94.8 Å². The van der Waals surface area contributed by atoms with E-state index in [1.807, 2.05) is 36.4 Å². The van der Waals surface area contributed by atoms with Gasteiger partial charge in [-0.25, -0.2) is 0 Å². The van der Waals surface area contributed by atoms with Crippen molar-refractivity contribution in [2.45, 2.75) is 12.5 Å². The molecule has 0 bridgehead atoms. The summed E-state index contributed by atoms with van der Waals surface area (Å²) in [5.41, 5.74) is 2.44. The lowest BCUT2D eigenvalue weighted by atomic mass is 9.87. The van der Waals surface area contributed by atoms with Crippen molar-refractivity contribution in [2.75, 3.05) is 20.2 Å². The van der Waals surface area contributed by atoms with Crippen LogP contribution in [0.5, 0.6) is 5.75 Å². The molecule has 0 aliphatic carbocycles. The van der Waals surface area contributed by atoms with Crippen molar-refractivity contribution in [3.63, 3.8) is 0 Å². The number of halogens is 1. The number of benzene rings is 2. The van der Waals surface area contributed by atoms with Gasteiger partial charge in [0, 0.05) is 48.5 Å². The van der Waals surface area contributed by atoms with Crippen LogP contribution in [-0.2, 0) is 11.3 Å². The average molecular weight is 450 g/mol. The predicted octanol–water partition coefficient (Wildman–Crippen LogP) is 3.92. The largest absolute Gasteiger partial charge is 0.496 e. The predicted molar refractivity (Wildman–Crippen MR) is 123 cm³/mol. The Morgan fingerprint density at radius 2 is 1.78 bits per heavy atom. The van der Waals surface area contributed by atoms with Crippen LogP contribution in [0.4, 0.5) is 0 Å². The van der Waals surface area contributed by atoms with Crippen LogP contribution in [0, 0.1) is 5.92 Å². The summed E-state index contributed by atoms with van der Waals surface area (Å²) < 4.78 is 5.55. The van der Waals surface area contributed by atoms with Crippen LogP contribution >= 0.6 is 11.6 Å². The Hall–Kier alpha value is -3.38. The number of aromatic nitrogens is 1. The van der Waals surface area contributed by atoms with Crippen LogP contribution in [0.2, 0.25) is 5.02 Å². The fraction of sp³-hybridized carbons (Fsp3) is 0.240. The second-order valence-corrected chi connectivity index (χ2v) is 8.18. The molecule has 2 heterocycles. The Bertz CT molecular complexity index is 1090. The Labute approximate surface area is 192 Å². The highest BCUT2D eigenvalue weighted by Gasteiger charge is 2.41. The molecule has 6 nitrogen and oxygen atoms in total. The molecule has 0 spiro atoms. The van der Waals surface area contributed by atoms with Gasteiger partial charge in [0.05, 0.1) is 13.0 Å². The molecule has 1 N–H and O–H groups in total. The number of rotatable bonds is 6. The van der Waals surface area contributed by atoms with Crippen molar-refractivity contribution in [1.29, 1.82) is 0 Å². The first-order valence-electron chi connectivity index (χ1n) is 10.4. The van der Waals surface area contributed by atoms with Gasteiger partial charge in [-0.1, -0.05) is 29.8 Å². The molecule has 3 aromatic rings. The number of hydrogen-bond donors (Lipinski definition) is 1. The zero-order valence-electron chi connectivity index (χ0n) is 17.7. The van der Waals surface area contributed by atoms with Gasteiger partial charge in [-0.2, -0.15) is 0 Å². The number of carbonyl (C=O) groups is 2. The Morgan fingerprint density at radius 3 is 2.50 bits per heavy atom. The molecule has 2 aromatic carbocycles. The molecule has 4 rings (SSSR count). The van der Waals surface area contributed by atoms with Gasteiger partial charge in [0.25, 0.3) is 5.91 Å². The normalized spacial score (nSPS) is 17.8. The van der Waals surface area contributed by atoms with Gasteiger partial charge >= 0.3 is 0 Å². The van der Waals surface area contributed by atoms with Crippen LogP contribution in [0.15, 0.2) is 73.1 Å². The molecule has 164 valence electrons. The number of nitrogens with zero attached hydrogens (tertiary/aromatic N) is 2. The summed E-state index contributed by atoms with van der Waals surface area (Å²) in [6.07, 6.45) is 3.39. The Morgan fingerprint density at radius 1 is 1.06 bits per heavy atom. The molecule has 1 fully saturated rings. The quantitative estimate of drug-likeness (QED) is 0.619. The molecule has 32 heavy (non-hydrogen) atoms. The number of methoxy groups -OCH3 is 1. The van der Waals surface area contributed by atoms with E-state index in [4.69, 9.17) is 16.3 Å². The Balaban J connectivity index is 1.58. The molecule has 1 aliphatic heterocycles. The summed E-state index contributed by atoms with van der Waals surface area (Å²) in [6, 6.07) is 18.2. The van der Waals surface area contributed by atoms with Gasteiger partial charge in [-0.15, -0.1) is 0 Å². The van der Waals surface area contributed by atoms with E-state index in [9.17, 15) is 9.59 Å². The van der Waals surface area contributed by atoms with Crippen molar-refractivity contribution in [3.8, 4) is 5.75 Å². The number of hydrogen-bond acceptors (Lipinski definition) is 4. The Kier molecular flexibility index (Phi) is 6.71. The highest BCUT2D eigenvalue weighted by Crippen LogP contribution is 2.38. The zero-order chi connectivity index (χ0) is 22.5. The molecular formula is C25H24ClN3O3. The SMILES string of the molecule is COc1ccccc1C1CN(C(=O)c2ccc(Cl)cc2)CC1C(=O)NCc1ccncc1. The van der Waals surface area contributed by atoms with E-state index >= 15 is 0 Å². The van der Waals surface area contributed by atoms with E-state index in [1.54, 1.807) is 48.7 Å². The van der Waals surface area contributed by atoms with Gasteiger partial charge < -0.3 is 15.0 Å². The number of para-hydroxylation sites is 1. The van der Waals surface area contributed by atoms with Crippen LogP contribution in [0.25, 0.3) is 0 Å². The number of pyridine rings is 1. The number of ether oxygens (including phenoxy) is 1. The van der Waals surface area contributed by atoms with E-state index in [2.05, 4.69) is 10.3 Å². The van der Waals surface area contributed by atoms with Crippen LogP contribution in [0.1, 0.15) is 27.4 Å². The molecule has 2 unspecified atom stereocenters. The first kappa shape index (κ1) is 21.8. The first-order chi connectivity index (χ1) is 15.6. The fourth-order valence-corrected chi connectivity index (χ4v) is 4.25. The van der Waals surface area contributed by atoms with Crippen LogP contribution in [0.3, 0.4) is 0 Å². The van der Waals surface area contributed by atoms with Crippen molar-refractivity contribution >= 4 is 23.4 Å². The third-order valence-corrected chi connectivity index (χ3v) is 6.04. The standard InChI is InChI=1S/C25H24ClN3O3/c1-32-23-5-3-2-4-20(23)21-15-29(25(31)18-6-8-19(26)9-7-18)16-22(21)24(30)28-14-17-10-12-27-13-11-17/h2-13,21-22H,14-16H2,1H3,(H,28,30). The maximum absolute atomic E-state index is 13.2. The first-order valence-corrected chi connectivity index (χ1v) is 10.8. The maximum atomic E-state index is 13.2. The highest BCUT2D eigenvalue weighted by atomic mass is 35.5. The summed E-state index contributed by atoms with van der Waals surface area (Å²) in [6.45, 7) is 1.16. The monoisotopic (exact) mass is 449 g/mol. The maximum Gasteiger partial charge on any atom is 0.253 e. The smallest absolute Gasteiger partial charge is 0.253 e. The van der Waals surface area contributed by atoms with Crippen molar-refractivity contribution < 1.29 is 14.3 Å². The van der Waals surface area contributed by atoms with Crippen molar-refractivity contribution in [1.82, 2.24) is 15.2 Å². The third-order valence-electron chi connectivity index (χ3n) is 5.79. The molecule has 1 aliphatic rings. The van der Waals surface area contributed by atoms with Crippen LogP contribution in [-0.4, -0.2) is 41.9 Å². The third kappa shape index (κ3) is 4.75. The summed E-state index contributed by atoms with van der Waals surface area (Å²) in [7, 11) is 1.61. The van der Waals surface area contributed by atoms with Gasteiger partial charge in [0.1, 0.15) is 5.75 Å². The number of nitrogens with one attached hydrogen (secondary N) is 1. The molecular weight excluding hydrogens is 426 g/mol. The molecule has 0 radical (unpaired) electrons. The summed E-state index contributed by atoms with van der Waals surface area (Å²) in [5, 5.41) is 3.59. The van der Waals surface area contributed by atoms with Gasteiger partial charge in [-0.05, 0) is 53.6 Å². The van der Waals surface area contributed by atoms with Crippen molar-refractivity contribution in [2.24, 2.45) is 5.92 Å². The summed E-state index contributed by atoms with van der Waals surface area (Å²) in [5.74, 6) is -0.0791. The van der Waals surface area contributed by atoms with Crippen LogP contribution < -0.4 is 10.1 Å². The highest BCUT2D eigenvalue weighted by molar-refractivity contribution is 6.30. The minimum Gasteiger partial charge on any atom is -0.496 e. The second kappa shape index (κ2) is 9.83. The van der Waals surface area contributed by atoms with Gasteiger partial charge in [-0.3, -0.25) is 14.6 Å². The molecule has 2 amide bonds. The molecule has 0 saturated carbocycles. The lowest BCUT2D eigenvalue weighted by Gasteiger charge is -2.20. The average Bonchev–Trinajstić information content (AvgIpc) is 3.28. The van der Waals surface area contributed by atoms with Gasteiger partial charge in [0.2, 0.25) is 5.91 Å². The molecule has 1 saturated heterocycles. The summed E-state index contributed by atoms with van der Waals surface area (Å²) in [4.78, 5) is 32.1. The minimum absolute atomic E-state index is 0.0934. The topological polar surface area (TPSA) is 71.5 Å². The van der Waals surface area contributed by atoms with E-state index in [1.165, 1.54) is 0 Å². The number of likely N-dealkylation sites (tertiary alicyclic amines) is 1. The lowest BCUT2D eigenvalue weighted by Crippen LogP contribution is -2.35. The molecule has 7 heteroatoms. The summed E-state index contributed by atoms with van der Waals surface area (Å²) >= 11 is 5.97. The number of carbonyl (C=O) groups excluding carboxylic acids is 2. The molecule has 2 atom stereocenters. The van der Waals surface area contributed by atoms with Gasteiger partial charge in [0.15, 0.2) is 0 Å². The lowest BCUT2D eigenvalue weighted by molar-refractivity contribution is -0.125. The fourth-order valence-electron chi connectivity index (χ4n) is 4.12. The van der Waals surface area contributed by atoms with E-state index in [0.717, 1.165) is 11.1 Å². The van der Waals surface area contributed by atoms with E-state index in [0.29, 0.717) is 36.0 Å². The van der Waals surface area contributed by atoms with E-state index < -0.39 is 5.92 Å². The molecule has 1 aromatic heterocycles.